The Balaban J connectivity index is 1.47. The van der Waals surface area contributed by atoms with E-state index in [0.29, 0.717) is 13.2 Å². The van der Waals surface area contributed by atoms with Crippen LogP contribution in [-0.2, 0) is 16.1 Å². The molecule has 5 nitrogen and oxygen atoms in total. The Morgan fingerprint density at radius 2 is 1.81 bits per heavy atom. The monoisotopic (exact) mass is 285 g/mol. The summed E-state index contributed by atoms with van der Waals surface area (Å²) >= 11 is 0. The van der Waals surface area contributed by atoms with E-state index >= 15 is 0 Å². The Bertz CT molecular complexity index is 612. The van der Waals surface area contributed by atoms with Gasteiger partial charge in [-0.25, -0.2) is 0 Å². The minimum atomic E-state index is -0.405. The lowest BCUT2D eigenvalue weighted by Gasteiger charge is -2.02. The van der Waals surface area contributed by atoms with E-state index in [2.05, 4.69) is 0 Å². The van der Waals surface area contributed by atoms with Gasteiger partial charge in [0.2, 0.25) is 0 Å². The van der Waals surface area contributed by atoms with Crippen molar-refractivity contribution in [2.24, 2.45) is 0 Å². The molecule has 5 heteroatoms. The van der Waals surface area contributed by atoms with Crippen molar-refractivity contribution in [2.75, 3.05) is 6.61 Å². The van der Waals surface area contributed by atoms with Crippen molar-refractivity contribution in [3.63, 3.8) is 0 Å². The quantitative estimate of drug-likeness (QED) is 0.464. The summed E-state index contributed by atoms with van der Waals surface area (Å²) in [5.41, 5.74) is 2.18. The topological polar surface area (TPSA) is 64.9 Å². The molecule has 0 aliphatic carbocycles. The minimum Gasteiger partial charge on any atom is -0.374 e. The predicted octanol–water partition coefficient (Wildman–Crippen LogP) is 3.25. The second-order valence-corrected chi connectivity index (χ2v) is 4.94. The minimum absolute atomic E-state index is 0.0124. The number of rotatable bonds is 6. The average Bonchev–Trinajstić information content (AvgIpc) is 3.28. The zero-order valence-corrected chi connectivity index (χ0v) is 11.3. The van der Waals surface area contributed by atoms with E-state index in [1.807, 2.05) is 30.3 Å². The molecule has 21 heavy (non-hydrogen) atoms. The summed E-state index contributed by atoms with van der Waals surface area (Å²) in [7, 11) is 0. The molecule has 2 atom stereocenters. The van der Waals surface area contributed by atoms with Gasteiger partial charge in [-0.1, -0.05) is 30.3 Å². The highest BCUT2D eigenvalue weighted by Gasteiger charge is 2.40. The van der Waals surface area contributed by atoms with Crippen molar-refractivity contribution in [1.82, 2.24) is 0 Å². The molecular formula is C16H15NO4. The third-order valence-corrected chi connectivity index (χ3v) is 3.41. The van der Waals surface area contributed by atoms with Gasteiger partial charge in [0.1, 0.15) is 12.2 Å². The SMILES string of the molecule is O=[N+]([O-])c1ccc([C@H]2O[C@H]2COCc2ccccc2)cc1. The fraction of sp³-hybridized carbons (Fsp3) is 0.250. The number of nitrogens with zero attached hydrogens (tertiary/aromatic N) is 1. The Morgan fingerprint density at radius 3 is 2.48 bits per heavy atom. The van der Waals surface area contributed by atoms with Crippen molar-refractivity contribution in [1.29, 1.82) is 0 Å². The molecule has 2 aromatic rings. The molecule has 1 saturated heterocycles. The maximum Gasteiger partial charge on any atom is 0.269 e. The summed E-state index contributed by atoms with van der Waals surface area (Å²) < 4.78 is 11.2. The highest BCUT2D eigenvalue weighted by molar-refractivity contribution is 5.35. The molecule has 0 spiro atoms. The largest absolute Gasteiger partial charge is 0.374 e. The van der Waals surface area contributed by atoms with Crippen molar-refractivity contribution in [2.45, 2.75) is 18.8 Å². The van der Waals surface area contributed by atoms with Crippen LogP contribution in [-0.4, -0.2) is 17.6 Å². The molecule has 0 aromatic heterocycles. The molecular weight excluding hydrogens is 270 g/mol. The summed E-state index contributed by atoms with van der Waals surface area (Å²) in [5, 5.41) is 10.6. The van der Waals surface area contributed by atoms with Crippen molar-refractivity contribution in [3.8, 4) is 0 Å². The number of benzene rings is 2. The number of hydrogen-bond acceptors (Lipinski definition) is 4. The number of epoxide rings is 1. The van der Waals surface area contributed by atoms with E-state index in [-0.39, 0.29) is 17.9 Å². The van der Waals surface area contributed by atoms with Gasteiger partial charge in [0.15, 0.2) is 0 Å². The van der Waals surface area contributed by atoms with Crippen molar-refractivity contribution >= 4 is 5.69 Å². The first kappa shape index (κ1) is 13.7. The lowest BCUT2D eigenvalue weighted by Crippen LogP contribution is -2.02. The smallest absolute Gasteiger partial charge is 0.269 e. The van der Waals surface area contributed by atoms with Gasteiger partial charge >= 0.3 is 0 Å². The van der Waals surface area contributed by atoms with Crippen molar-refractivity contribution < 1.29 is 14.4 Å². The Morgan fingerprint density at radius 1 is 1.10 bits per heavy atom. The second-order valence-electron chi connectivity index (χ2n) is 4.94. The lowest BCUT2D eigenvalue weighted by molar-refractivity contribution is -0.384. The molecule has 1 aliphatic rings. The number of nitro benzene ring substituents is 1. The number of non-ortho nitro benzene ring substituents is 1. The van der Waals surface area contributed by atoms with Gasteiger partial charge in [0, 0.05) is 12.1 Å². The Labute approximate surface area is 122 Å². The predicted molar refractivity (Wildman–Crippen MR) is 76.8 cm³/mol. The maximum atomic E-state index is 10.6. The molecule has 1 heterocycles. The standard InChI is InChI=1S/C16H15NO4/c18-17(19)14-8-6-13(7-9-14)16-15(21-16)11-20-10-12-4-2-1-3-5-12/h1-9,15-16H,10-11H2/t15-,16+/m0/s1. The number of hydrogen-bond donors (Lipinski definition) is 0. The molecule has 0 saturated carbocycles. The maximum absolute atomic E-state index is 10.6. The van der Waals surface area contributed by atoms with E-state index < -0.39 is 4.92 Å². The van der Waals surface area contributed by atoms with Crippen LogP contribution in [0, 0.1) is 10.1 Å². The third kappa shape index (κ3) is 3.45. The van der Waals surface area contributed by atoms with Crippen LogP contribution >= 0.6 is 0 Å². The van der Waals surface area contributed by atoms with E-state index in [1.165, 1.54) is 12.1 Å². The molecule has 0 amide bonds. The molecule has 2 aromatic carbocycles. The van der Waals surface area contributed by atoms with Crippen molar-refractivity contribution in [3.05, 3.63) is 75.8 Å². The van der Waals surface area contributed by atoms with E-state index in [0.717, 1.165) is 11.1 Å². The van der Waals surface area contributed by atoms with Gasteiger partial charge in [-0.05, 0) is 23.3 Å². The summed E-state index contributed by atoms with van der Waals surface area (Å²) in [6.45, 7) is 1.09. The van der Waals surface area contributed by atoms with Crippen LogP contribution in [0.5, 0.6) is 0 Å². The van der Waals surface area contributed by atoms with E-state index in [1.54, 1.807) is 12.1 Å². The van der Waals surface area contributed by atoms with Crippen LogP contribution in [0.4, 0.5) is 5.69 Å². The first-order valence-corrected chi connectivity index (χ1v) is 6.75. The summed E-state index contributed by atoms with van der Waals surface area (Å²) in [6, 6.07) is 16.4. The Kier molecular flexibility index (Phi) is 3.94. The summed E-state index contributed by atoms with van der Waals surface area (Å²) in [4.78, 5) is 10.2. The van der Waals surface area contributed by atoms with Gasteiger partial charge in [-0.3, -0.25) is 10.1 Å². The molecule has 1 aliphatic heterocycles. The van der Waals surface area contributed by atoms with Crippen LogP contribution in [0.3, 0.4) is 0 Å². The summed E-state index contributed by atoms with van der Waals surface area (Å²) in [5.74, 6) is 0. The van der Waals surface area contributed by atoms with Crippen LogP contribution in [0.2, 0.25) is 0 Å². The molecule has 0 N–H and O–H groups in total. The van der Waals surface area contributed by atoms with Gasteiger partial charge in [0.05, 0.1) is 18.1 Å². The Hall–Kier alpha value is -2.24. The zero-order chi connectivity index (χ0) is 14.7. The first-order chi connectivity index (χ1) is 10.2. The number of ether oxygens (including phenoxy) is 2. The highest BCUT2D eigenvalue weighted by atomic mass is 16.6. The summed E-state index contributed by atoms with van der Waals surface area (Å²) in [6.07, 6.45) is 0.0248. The normalized spacial score (nSPS) is 20.2. The molecule has 108 valence electrons. The van der Waals surface area contributed by atoms with Crippen LogP contribution in [0.15, 0.2) is 54.6 Å². The van der Waals surface area contributed by atoms with Gasteiger partial charge in [-0.2, -0.15) is 0 Å². The van der Waals surface area contributed by atoms with Gasteiger partial charge in [-0.15, -0.1) is 0 Å². The van der Waals surface area contributed by atoms with Gasteiger partial charge in [0.25, 0.3) is 5.69 Å². The fourth-order valence-corrected chi connectivity index (χ4v) is 2.22. The fourth-order valence-electron chi connectivity index (χ4n) is 2.22. The highest BCUT2D eigenvalue weighted by Crippen LogP contribution is 2.39. The molecule has 0 unspecified atom stereocenters. The second kappa shape index (κ2) is 6.03. The molecule has 1 fully saturated rings. The molecule has 0 radical (unpaired) electrons. The van der Waals surface area contributed by atoms with Gasteiger partial charge < -0.3 is 9.47 Å². The zero-order valence-electron chi connectivity index (χ0n) is 11.3. The van der Waals surface area contributed by atoms with E-state index in [9.17, 15) is 10.1 Å². The molecule has 0 bridgehead atoms. The lowest BCUT2D eigenvalue weighted by atomic mass is 10.1. The first-order valence-electron chi connectivity index (χ1n) is 6.75. The number of nitro groups is 1. The van der Waals surface area contributed by atoms with Crippen LogP contribution in [0.1, 0.15) is 17.2 Å². The van der Waals surface area contributed by atoms with Crippen LogP contribution in [0.25, 0.3) is 0 Å². The van der Waals surface area contributed by atoms with Crippen LogP contribution < -0.4 is 0 Å². The molecule has 3 rings (SSSR count). The third-order valence-electron chi connectivity index (χ3n) is 3.41. The average molecular weight is 285 g/mol. The van der Waals surface area contributed by atoms with E-state index in [4.69, 9.17) is 9.47 Å².